The van der Waals surface area contributed by atoms with E-state index >= 15 is 0 Å². The van der Waals surface area contributed by atoms with Crippen molar-refractivity contribution in [1.82, 2.24) is 10.2 Å². The van der Waals surface area contributed by atoms with Crippen molar-refractivity contribution in [2.75, 3.05) is 14.2 Å². The smallest absolute Gasteiger partial charge is 0.246 e. The Labute approximate surface area is 233 Å². The van der Waals surface area contributed by atoms with E-state index in [1.807, 2.05) is 42.3 Å². The second-order valence-electron chi connectivity index (χ2n) is 12.9. The molecule has 2 amide bonds. The normalized spacial score (nSPS) is 35.9. The van der Waals surface area contributed by atoms with Crippen molar-refractivity contribution < 1.29 is 14.3 Å². The summed E-state index contributed by atoms with van der Waals surface area (Å²) in [5, 5.41) is 3.49. The molecule has 3 fully saturated rings. The molecular formula is C34H42N2O3. The van der Waals surface area contributed by atoms with Crippen molar-refractivity contribution in [3.05, 3.63) is 77.9 Å². The monoisotopic (exact) mass is 526 g/mol. The molecule has 2 aromatic carbocycles. The molecule has 0 radical (unpaired) electrons. The molecule has 1 aliphatic heterocycles. The summed E-state index contributed by atoms with van der Waals surface area (Å²) in [5.74, 6) is 2.89. The summed E-state index contributed by atoms with van der Waals surface area (Å²) in [6.45, 7) is 4.78. The van der Waals surface area contributed by atoms with Gasteiger partial charge in [-0.05, 0) is 91.0 Å². The van der Waals surface area contributed by atoms with Crippen molar-refractivity contribution in [3.63, 3.8) is 0 Å². The summed E-state index contributed by atoms with van der Waals surface area (Å²) in [6, 6.07) is 18.4. The van der Waals surface area contributed by atoms with Crippen molar-refractivity contribution in [3.8, 4) is 5.75 Å². The lowest BCUT2D eigenvalue weighted by Crippen LogP contribution is -2.59. The second-order valence-corrected chi connectivity index (χ2v) is 12.9. The largest absolute Gasteiger partial charge is 0.497 e. The number of carbonyl (C=O) groups is 2. The summed E-state index contributed by atoms with van der Waals surface area (Å²) in [7, 11) is 3.65. The number of hydrogen-bond acceptors (Lipinski definition) is 3. The number of ether oxygens (including phenoxy) is 1. The maximum Gasteiger partial charge on any atom is 0.246 e. The molecule has 206 valence electrons. The number of methoxy groups -OCH3 is 1. The number of rotatable bonds is 5. The highest BCUT2D eigenvalue weighted by atomic mass is 16.5. The van der Waals surface area contributed by atoms with Gasteiger partial charge in [-0.25, -0.2) is 0 Å². The van der Waals surface area contributed by atoms with Crippen LogP contribution in [0.4, 0.5) is 0 Å². The number of fused-ring (bicyclic) bond motifs is 5. The first-order valence-electron chi connectivity index (χ1n) is 14.7. The zero-order chi connectivity index (χ0) is 27.4. The summed E-state index contributed by atoms with van der Waals surface area (Å²) >= 11 is 0. The third-order valence-electron chi connectivity index (χ3n) is 11.3. The van der Waals surface area contributed by atoms with E-state index in [9.17, 15) is 9.59 Å². The minimum Gasteiger partial charge on any atom is -0.497 e. The van der Waals surface area contributed by atoms with Crippen molar-refractivity contribution in [2.24, 2.45) is 34.5 Å². The quantitative estimate of drug-likeness (QED) is 0.508. The fraction of sp³-hybridized carbons (Fsp3) is 0.529. The molecule has 3 aliphatic carbocycles. The SMILES string of the molecule is COc1ccc(C(NC(=O)[C@H]2CC[C@H]3[C@@H]4CC[C@H]5N(C)C(=O)C=C[C@]5(C)[C@H]4CC[C@]23C)c2ccccc2)cc1. The first-order chi connectivity index (χ1) is 18.8. The highest BCUT2D eigenvalue weighted by molar-refractivity contribution is 5.89. The van der Waals surface area contributed by atoms with Crippen molar-refractivity contribution >= 4 is 11.8 Å². The zero-order valence-corrected chi connectivity index (χ0v) is 23.7. The van der Waals surface area contributed by atoms with Crippen LogP contribution in [0, 0.1) is 34.5 Å². The van der Waals surface area contributed by atoms with Crippen LogP contribution < -0.4 is 10.1 Å². The van der Waals surface area contributed by atoms with Crippen molar-refractivity contribution in [2.45, 2.75) is 64.5 Å². The average Bonchev–Trinajstić information content (AvgIpc) is 3.32. The third-order valence-corrected chi connectivity index (χ3v) is 11.3. The zero-order valence-electron chi connectivity index (χ0n) is 23.7. The van der Waals surface area contributed by atoms with Crippen LogP contribution >= 0.6 is 0 Å². The van der Waals surface area contributed by atoms with Gasteiger partial charge in [-0.3, -0.25) is 9.59 Å². The predicted octanol–water partition coefficient (Wildman–Crippen LogP) is 6.16. The van der Waals surface area contributed by atoms with Crippen LogP contribution in [0.3, 0.4) is 0 Å². The Morgan fingerprint density at radius 1 is 0.949 bits per heavy atom. The molecule has 5 heteroatoms. The molecule has 5 nitrogen and oxygen atoms in total. The maximum atomic E-state index is 14.1. The number of nitrogens with one attached hydrogen (secondary N) is 1. The molecule has 39 heavy (non-hydrogen) atoms. The molecule has 1 unspecified atom stereocenters. The van der Waals surface area contributed by atoms with Crippen LogP contribution in [0.1, 0.15) is 69.5 Å². The fourth-order valence-electron chi connectivity index (χ4n) is 9.21. The minimum atomic E-state index is -0.196. The first kappa shape index (κ1) is 26.2. The molecule has 0 bridgehead atoms. The van der Waals surface area contributed by atoms with Crippen LogP contribution in [0.15, 0.2) is 66.7 Å². The van der Waals surface area contributed by atoms with E-state index in [0.29, 0.717) is 17.8 Å². The van der Waals surface area contributed by atoms with Gasteiger partial charge in [0.15, 0.2) is 0 Å². The van der Waals surface area contributed by atoms with E-state index in [0.717, 1.165) is 55.4 Å². The number of benzene rings is 2. The number of amides is 2. The fourth-order valence-corrected chi connectivity index (χ4v) is 9.21. The number of likely N-dealkylation sites (N-methyl/N-ethyl adjacent to an activating group) is 1. The van der Waals surface area contributed by atoms with Gasteiger partial charge in [0.2, 0.25) is 11.8 Å². The van der Waals surface area contributed by atoms with Crippen LogP contribution in [0.5, 0.6) is 5.75 Å². The van der Waals surface area contributed by atoms with Gasteiger partial charge < -0.3 is 15.0 Å². The molecule has 1 heterocycles. The van der Waals surface area contributed by atoms with E-state index in [1.165, 1.54) is 0 Å². The topological polar surface area (TPSA) is 58.6 Å². The van der Waals surface area contributed by atoms with Gasteiger partial charge in [-0.15, -0.1) is 0 Å². The lowest BCUT2D eigenvalue weighted by atomic mass is 9.47. The number of nitrogens with zero attached hydrogens (tertiary/aromatic N) is 1. The summed E-state index contributed by atoms with van der Waals surface area (Å²) < 4.78 is 5.37. The minimum absolute atomic E-state index is 0.00962. The lowest BCUT2D eigenvalue weighted by molar-refractivity contribution is -0.142. The van der Waals surface area contributed by atoms with Gasteiger partial charge >= 0.3 is 0 Å². The van der Waals surface area contributed by atoms with E-state index < -0.39 is 0 Å². The van der Waals surface area contributed by atoms with E-state index in [1.54, 1.807) is 13.2 Å². The Bertz CT molecular complexity index is 1260. The van der Waals surface area contributed by atoms with Gasteiger partial charge in [0.25, 0.3) is 0 Å². The molecule has 2 aromatic rings. The summed E-state index contributed by atoms with van der Waals surface area (Å²) in [6.07, 6.45) is 10.5. The Morgan fingerprint density at radius 2 is 1.67 bits per heavy atom. The molecule has 4 aliphatic rings. The maximum absolute atomic E-state index is 14.1. The van der Waals surface area contributed by atoms with Gasteiger partial charge in [0.05, 0.1) is 13.2 Å². The Kier molecular flexibility index (Phi) is 6.60. The molecular weight excluding hydrogens is 484 g/mol. The molecule has 3 saturated carbocycles. The first-order valence-corrected chi connectivity index (χ1v) is 14.7. The van der Waals surface area contributed by atoms with E-state index in [2.05, 4.69) is 49.5 Å². The van der Waals surface area contributed by atoms with Gasteiger partial charge in [0, 0.05) is 24.4 Å². The number of hydrogen-bond donors (Lipinski definition) is 1. The van der Waals surface area contributed by atoms with Crippen LogP contribution in [0.2, 0.25) is 0 Å². The van der Waals surface area contributed by atoms with Crippen LogP contribution in [-0.4, -0.2) is 36.9 Å². The van der Waals surface area contributed by atoms with E-state index in [4.69, 9.17) is 4.74 Å². The molecule has 0 saturated heterocycles. The van der Waals surface area contributed by atoms with Gasteiger partial charge in [0.1, 0.15) is 5.75 Å². The summed E-state index contributed by atoms with van der Waals surface area (Å²) in [5.41, 5.74) is 2.19. The highest BCUT2D eigenvalue weighted by Gasteiger charge is 2.61. The molecule has 8 atom stereocenters. The highest BCUT2D eigenvalue weighted by Crippen LogP contribution is 2.65. The number of carbonyl (C=O) groups excluding carboxylic acids is 2. The standard InChI is InChI=1S/C34H42N2O3/c1-33-20-18-27-25(14-17-29-34(27,2)21-19-30(37)36(29)3)26(33)15-16-28(33)32(38)35-31(22-8-6-5-7-9-22)23-10-12-24(39-4)13-11-23/h5-13,19,21,25-29,31H,14-18,20H2,1-4H3,(H,35,38)/t25-,26-,27-,28+,29+,31?,33-,34+/m0/s1. The predicted molar refractivity (Wildman–Crippen MR) is 153 cm³/mol. The Morgan fingerprint density at radius 3 is 2.38 bits per heavy atom. The molecule has 0 spiro atoms. The third kappa shape index (κ3) is 4.20. The van der Waals surface area contributed by atoms with Crippen LogP contribution in [0.25, 0.3) is 0 Å². The lowest BCUT2D eigenvalue weighted by Gasteiger charge is -2.60. The van der Waals surface area contributed by atoms with E-state index in [-0.39, 0.29) is 40.6 Å². The molecule has 1 N–H and O–H groups in total. The Balaban J connectivity index is 1.24. The average molecular weight is 527 g/mol. The van der Waals surface area contributed by atoms with Crippen molar-refractivity contribution in [1.29, 1.82) is 0 Å². The van der Waals surface area contributed by atoms with Gasteiger partial charge in [-0.2, -0.15) is 0 Å². The van der Waals surface area contributed by atoms with Crippen LogP contribution in [-0.2, 0) is 9.59 Å². The van der Waals surface area contributed by atoms with Gasteiger partial charge in [-0.1, -0.05) is 62.4 Å². The second kappa shape index (κ2) is 9.83. The summed E-state index contributed by atoms with van der Waals surface area (Å²) in [4.78, 5) is 28.5. The molecule has 6 rings (SSSR count). The Hall–Kier alpha value is -3.08. The molecule has 0 aromatic heterocycles.